The molecule has 0 unspecified atom stereocenters. The maximum absolute atomic E-state index is 10.1. The van der Waals surface area contributed by atoms with Gasteiger partial charge in [0, 0.05) is 0 Å². The normalized spacial score (nSPS) is 5.56. The molecule has 0 spiro atoms. The van der Waals surface area contributed by atoms with Crippen molar-refractivity contribution in [3.63, 3.8) is 0 Å². The van der Waals surface area contributed by atoms with Crippen LogP contribution in [0.25, 0.3) is 0 Å². The average Bonchev–Trinajstić information content (AvgIpc) is 1.25. The van der Waals surface area contributed by atoms with Crippen molar-refractivity contribution in [2.45, 2.75) is 0 Å². The Morgan fingerprint density at radius 2 is 1.00 bits per heavy atom. The van der Waals surface area contributed by atoms with Crippen molar-refractivity contribution < 1.29 is 23.1 Å². The Balaban J connectivity index is -0.0000000720. The highest BCUT2D eigenvalue weighted by atomic mass is 19.1. The third-order valence-corrected chi connectivity index (χ3v) is 0. The number of halogens is 3. The van der Waals surface area contributed by atoms with E-state index in [1.165, 1.54) is 0 Å². The number of hydrogen-bond acceptors (Lipinski definition) is 2. The predicted molar refractivity (Wildman–Crippen MR) is 21.4 cm³/mol. The Morgan fingerprint density at radius 1 is 1.00 bits per heavy atom. The topological polar surface area (TPSA) is 86.2 Å². The van der Waals surface area contributed by atoms with E-state index in [0.717, 1.165) is 0 Å². The van der Waals surface area contributed by atoms with E-state index in [2.05, 4.69) is 11.5 Å². The summed E-state index contributed by atoms with van der Waals surface area (Å²) in [6, 6.07) is 0. The largest absolute Gasteiger partial charge is 1.00 e. The fraction of sp³-hybridized carbons (Fsp3) is 0. The van der Waals surface area contributed by atoms with Crippen LogP contribution < -0.4 is 16.2 Å². The van der Waals surface area contributed by atoms with Crippen LogP contribution in [0.15, 0.2) is 0 Å². The molecule has 0 aliphatic rings. The Labute approximate surface area is 48.2 Å². The molecule has 0 heterocycles. The minimum Gasteiger partial charge on any atom is -1.00 e. The fourth-order valence-corrected chi connectivity index (χ4v) is 0. The second kappa shape index (κ2) is 9.88. The Morgan fingerprint density at radius 3 is 1.00 bits per heavy atom. The minimum atomic E-state index is -1.83. The third-order valence-electron chi connectivity index (χ3n) is 0. The Kier molecular flexibility index (Phi) is 17.2. The summed E-state index contributed by atoms with van der Waals surface area (Å²) in [5.41, 5.74) is 7.61. The zero-order chi connectivity index (χ0) is 7.15. The van der Waals surface area contributed by atoms with Crippen LogP contribution >= 0.6 is 0 Å². The lowest BCUT2D eigenvalue weighted by molar-refractivity contribution is -0.0000116. The molecule has 0 saturated heterocycles. The van der Waals surface area contributed by atoms with Crippen LogP contribution in [-0.4, -0.2) is 12.3 Å². The maximum Gasteiger partial charge on any atom is 0.394 e. The number of carbonyl (C=O) groups excluding carboxylic acids is 2. The minimum absolute atomic E-state index is 0. The molecule has 2 amide bonds. The van der Waals surface area contributed by atoms with Gasteiger partial charge >= 0.3 is 12.3 Å². The van der Waals surface area contributed by atoms with Gasteiger partial charge in [0.1, 0.15) is 0 Å². The summed E-state index contributed by atoms with van der Waals surface area (Å²) in [5, 5.41) is 0. The molecule has 0 saturated carbocycles. The van der Waals surface area contributed by atoms with Crippen LogP contribution in [0, 0.1) is 0 Å². The van der Waals surface area contributed by atoms with Crippen molar-refractivity contribution in [3.8, 4) is 0 Å². The molecule has 0 bridgehead atoms. The van der Waals surface area contributed by atoms with Crippen molar-refractivity contribution in [1.29, 1.82) is 0 Å². The molecule has 0 atom stereocenters. The van der Waals surface area contributed by atoms with Gasteiger partial charge in [-0.2, -0.15) is 0 Å². The molecule has 0 radical (unpaired) electrons. The van der Waals surface area contributed by atoms with Gasteiger partial charge in [0.25, 0.3) is 0 Å². The molecule has 56 valence electrons. The van der Waals surface area contributed by atoms with Gasteiger partial charge in [0.2, 0.25) is 0 Å². The number of amides is 2. The van der Waals surface area contributed by atoms with Gasteiger partial charge in [0.15, 0.2) is 0 Å². The number of hydrogen-bond donors (Lipinski definition) is 2. The summed E-state index contributed by atoms with van der Waals surface area (Å²) >= 11 is 0. The molecule has 0 aromatic heterocycles. The maximum atomic E-state index is 10.1. The van der Waals surface area contributed by atoms with Crippen molar-refractivity contribution in [1.82, 2.24) is 0 Å². The number of primary amides is 2. The van der Waals surface area contributed by atoms with E-state index in [-0.39, 0.29) is 4.70 Å². The molecular weight excluding hydrogens is 141 g/mol. The smallest absolute Gasteiger partial charge is 0.394 e. The first kappa shape index (κ1) is 15.6. The summed E-state index contributed by atoms with van der Waals surface area (Å²) < 4.78 is 20.3. The van der Waals surface area contributed by atoms with Crippen LogP contribution in [0.5, 0.6) is 0 Å². The number of nitrogens with two attached hydrogens (primary N) is 2. The number of rotatable bonds is 0. The number of carbonyl (C=O) groups is 2. The van der Waals surface area contributed by atoms with Crippen LogP contribution in [0.1, 0.15) is 0 Å². The quantitative estimate of drug-likeness (QED) is 0.282. The Hall–Kier alpha value is -1.27. The van der Waals surface area contributed by atoms with Gasteiger partial charge < -0.3 is 16.2 Å². The molecule has 0 aliphatic carbocycles. The van der Waals surface area contributed by atoms with Gasteiger partial charge in [-0.15, -0.1) is 8.78 Å². The van der Waals surface area contributed by atoms with E-state index in [0.29, 0.717) is 0 Å². The van der Waals surface area contributed by atoms with Gasteiger partial charge in [-0.3, -0.25) is 0 Å². The molecular formula is C2H4F3N2O2-. The van der Waals surface area contributed by atoms with Gasteiger partial charge in [-0.1, -0.05) is 0 Å². The van der Waals surface area contributed by atoms with E-state index in [1.807, 2.05) is 0 Å². The zero-order valence-corrected chi connectivity index (χ0v) is 4.11. The van der Waals surface area contributed by atoms with Crippen molar-refractivity contribution >= 4 is 12.3 Å². The predicted octanol–water partition coefficient (Wildman–Crippen LogP) is -2.93. The lowest BCUT2D eigenvalue weighted by Crippen LogP contribution is -3.00. The van der Waals surface area contributed by atoms with Gasteiger partial charge in [0.05, 0.1) is 0 Å². The first-order valence-electron chi connectivity index (χ1n) is 1.36. The first-order valence-corrected chi connectivity index (χ1v) is 1.36. The van der Waals surface area contributed by atoms with E-state index >= 15 is 0 Å². The molecule has 0 aromatic carbocycles. The highest BCUT2D eigenvalue weighted by Crippen LogP contribution is 1.52. The molecule has 0 fully saturated rings. The zero-order valence-electron chi connectivity index (χ0n) is 4.11. The van der Waals surface area contributed by atoms with E-state index < -0.39 is 12.3 Å². The van der Waals surface area contributed by atoms with Gasteiger partial charge in [-0.05, 0) is 0 Å². The summed E-state index contributed by atoms with van der Waals surface area (Å²) in [5.74, 6) is 0. The summed E-state index contributed by atoms with van der Waals surface area (Å²) in [6.07, 6.45) is -3.67. The van der Waals surface area contributed by atoms with Crippen LogP contribution in [0.3, 0.4) is 0 Å². The third kappa shape index (κ3) is 93.4. The monoisotopic (exact) mass is 145 g/mol. The molecule has 4 N–H and O–H groups in total. The average molecular weight is 145 g/mol. The lowest BCUT2D eigenvalue weighted by Gasteiger charge is -1.54. The van der Waals surface area contributed by atoms with E-state index in [9.17, 15) is 8.78 Å². The van der Waals surface area contributed by atoms with E-state index in [4.69, 9.17) is 9.59 Å². The summed E-state index contributed by atoms with van der Waals surface area (Å²) in [4.78, 5) is 17.1. The second-order valence-electron chi connectivity index (χ2n) is 0.608. The summed E-state index contributed by atoms with van der Waals surface area (Å²) in [7, 11) is 0. The van der Waals surface area contributed by atoms with Crippen molar-refractivity contribution in [2.24, 2.45) is 11.5 Å². The van der Waals surface area contributed by atoms with Crippen molar-refractivity contribution in [2.75, 3.05) is 0 Å². The molecule has 9 heavy (non-hydrogen) atoms. The molecule has 4 nitrogen and oxygen atoms in total. The highest BCUT2D eigenvalue weighted by Gasteiger charge is 1.70. The Bertz CT molecular complexity index is 75.8. The highest BCUT2D eigenvalue weighted by molar-refractivity contribution is 5.62. The second-order valence-corrected chi connectivity index (χ2v) is 0.608. The van der Waals surface area contributed by atoms with E-state index in [1.54, 1.807) is 0 Å². The molecule has 7 heteroatoms. The van der Waals surface area contributed by atoms with Crippen LogP contribution in [0.4, 0.5) is 18.4 Å². The summed E-state index contributed by atoms with van der Waals surface area (Å²) in [6.45, 7) is 0. The van der Waals surface area contributed by atoms with Crippen LogP contribution in [0.2, 0.25) is 0 Å². The molecule has 0 aliphatic heterocycles. The van der Waals surface area contributed by atoms with Crippen molar-refractivity contribution in [3.05, 3.63) is 0 Å². The first-order chi connectivity index (χ1) is 3.46. The fourth-order valence-electron chi connectivity index (χ4n) is 0. The molecule has 0 rings (SSSR count). The van der Waals surface area contributed by atoms with Crippen LogP contribution in [-0.2, 0) is 0 Å². The van der Waals surface area contributed by atoms with Gasteiger partial charge in [-0.25, -0.2) is 9.59 Å². The standard InChI is InChI=1S/2CH2FNO.FH/c2*2-1(3)4;/h2*(H2,3,4);1H/p-1. The lowest BCUT2D eigenvalue weighted by atomic mass is 11.4. The SMILES string of the molecule is NC(=O)F.NC(=O)F.[F-]. The molecule has 0 aromatic rings.